The van der Waals surface area contributed by atoms with E-state index in [1.165, 1.54) is 11.3 Å². The molecule has 5 nitrogen and oxygen atoms in total. The van der Waals surface area contributed by atoms with Crippen molar-refractivity contribution in [1.29, 1.82) is 0 Å². The maximum Gasteiger partial charge on any atom is 0.149 e. The van der Waals surface area contributed by atoms with Crippen molar-refractivity contribution in [2.45, 2.75) is 26.8 Å². The fourth-order valence-corrected chi connectivity index (χ4v) is 4.32. The molecule has 33 heavy (non-hydrogen) atoms. The lowest BCUT2D eigenvalue weighted by Crippen LogP contribution is -2.24. The molecule has 2 atom stereocenters. The lowest BCUT2D eigenvalue weighted by molar-refractivity contribution is 0.414. The summed E-state index contributed by atoms with van der Waals surface area (Å²) in [4.78, 5) is 6.91. The molecule has 0 fully saturated rings. The third-order valence-corrected chi connectivity index (χ3v) is 6.24. The fourth-order valence-electron chi connectivity index (χ4n) is 4.32. The van der Waals surface area contributed by atoms with Crippen molar-refractivity contribution in [3.8, 4) is 5.75 Å². The molecule has 0 saturated carbocycles. The summed E-state index contributed by atoms with van der Waals surface area (Å²) in [6, 6.07) is 22.9. The van der Waals surface area contributed by atoms with Crippen LogP contribution in [0.1, 0.15) is 37.9 Å². The molecule has 170 valence electrons. The highest BCUT2D eigenvalue weighted by atomic mass is 16.5. The summed E-state index contributed by atoms with van der Waals surface area (Å²) in [5, 5.41) is 7.03. The van der Waals surface area contributed by atoms with Crippen LogP contribution in [0.5, 0.6) is 5.75 Å². The number of anilines is 2. The zero-order valence-electron chi connectivity index (χ0n) is 19.8. The van der Waals surface area contributed by atoms with Gasteiger partial charge < -0.3 is 9.64 Å². The molecule has 4 rings (SSSR count). The first-order chi connectivity index (χ1) is 16.1. The molecule has 1 aromatic heterocycles. The zero-order valence-corrected chi connectivity index (χ0v) is 19.8. The second-order valence-electron chi connectivity index (χ2n) is 8.16. The van der Waals surface area contributed by atoms with Gasteiger partial charge >= 0.3 is 0 Å². The predicted octanol–water partition coefficient (Wildman–Crippen LogP) is 6.20. The molecule has 1 aliphatic heterocycles. The van der Waals surface area contributed by atoms with Crippen LogP contribution in [0.3, 0.4) is 0 Å². The Morgan fingerprint density at radius 3 is 2.27 bits per heavy atom. The Labute approximate surface area is 197 Å². The van der Waals surface area contributed by atoms with E-state index in [4.69, 9.17) is 9.84 Å². The van der Waals surface area contributed by atoms with Crippen molar-refractivity contribution in [2.75, 3.05) is 30.1 Å². The molecule has 0 radical (unpaired) electrons. The van der Waals surface area contributed by atoms with Gasteiger partial charge in [0.25, 0.3) is 0 Å². The SMILES string of the molecule is CCN(CC)c1ccc(C=CC2=NN(c3ccccn3)C(c3ccc(OC)cc3)C2C)cc1. The Balaban J connectivity index is 1.61. The number of hydrogen-bond acceptors (Lipinski definition) is 5. The number of ether oxygens (including phenoxy) is 1. The number of methoxy groups -OCH3 is 1. The van der Waals surface area contributed by atoms with Gasteiger partial charge in [-0.2, -0.15) is 5.10 Å². The Morgan fingerprint density at radius 1 is 0.939 bits per heavy atom. The predicted molar refractivity (Wildman–Crippen MR) is 138 cm³/mol. The molecule has 2 unspecified atom stereocenters. The van der Waals surface area contributed by atoms with Crippen molar-refractivity contribution in [1.82, 2.24) is 4.98 Å². The molecule has 0 aliphatic carbocycles. The topological polar surface area (TPSA) is 41.0 Å². The van der Waals surface area contributed by atoms with Gasteiger partial charge in [0.2, 0.25) is 0 Å². The minimum Gasteiger partial charge on any atom is -0.497 e. The minimum atomic E-state index is 0.0653. The van der Waals surface area contributed by atoms with Crippen LogP contribution in [0.15, 0.2) is 84.1 Å². The molecule has 0 amide bonds. The first-order valence-electron chi connectivity index (χ1n) is 11.6. The van der Waals surface area contributed by atoms with Crippen LogP contribution in [0.25, 0.3) is 6.08 Å². The molecule has 0 spiro atoms. The number of benzene rings is 2. The first kappa shape index (κ1) is 22.6. The van der Waals surface area contributed by atoms with Crippen molar-refractivity contribution < 1.29 is 4.74 Å². The maximum absolute atomic E-state index is 5.35. The van der Waals surface area contributed by atoms with Crippen LogP contribution in [-0.2, 0) is 0 Å². The van der Waals surface area contributed by atoms with E-state index in [-0.39, 0.29) is 12.0 Å². The van der Waals surface area contributed by atoms with Gasteiger partial charge in [-0.05, 0) is 67.4 Å². The number of pyridine rings is 1. The van der Waals surface area contributed by atoms with E-state index in [1.54, 1.807) is 7.11 Å². The Bertz CT molecular complexity index is 1090. The summed E-state index contributed by atoms with van der Waals surface area (Å²) in [6.45, 7) is 8.61. The number of allylic oxidation sites excluding steroid dienone is 1. The van der Waals surface area contributed by atoms with Crippen LogP contribution in [0.4, 0.5) is 11.5 Å². The quantitative estimate of drug-likeness (QED) is 0.418. The molecule has 1 aliphatic rings. The van der Waals surface area contributed by atoms with Gasteiger partial charge in [0, 0.05) is 30.9 Å². The van der Waals surface area contributed by atoms with Crippen molar-refractivity contribution in [3.63, 3.8) is 0 Å². The number of hydrogen-bond donors (Lipinski definition) is 0. The number of nitrogens with zero attached hydrogens (tertiary/aromatic N) is 4. The van der Waals surface area contributed by atoms with E-state index >= 15 is 0 Å². The average molecular weight is 441 g/mol. The number of aromatic nitrogens is 1. The molecule has 0 saturated heterocycles. The van der Waals surface area contributed by atoms with Gasteiger partial charge in [-0.25, -0.2) is 9.99 Å². The number of rotatable bonds is 8. The van der Waals surface area contributed by atoms with Crippen molar-refractivity contribution in [2.24, 2.45) is 11.0 Å². The molecule has 0 bridgehead atoms. The second-order valence-corrected chi connectivity index (χ2v) is 8.16. The normalized spacial score (nSPS) is 17.9. The molecular weight excluding hydrogens is 408 g/mol. The molecule has 2 aromatic carbocycles. The van der Waals surface area contributed by atoms with E-state index < -0.39 is 0 Å². The molecule has 0 N–H and O–H groups in total. The van der Waals surface area contributed by atoms with Crippen LogP contribution in [0.2, 0.25) is 0 Å². The van der Waals surface area contributed by atoms with Gasteiger partial charge in [0.05, 0.1) is 18.9 Å². The third kappa shape index (κ3) is 4.92. The van der Waals surface area contributed by atoms with Crippen LogP contribution >= 0.6 is 0 Å². The van der Waals surface area contributed by atoms with Gasteiger partial charge in [0.1, 0.15) is 11.6 Å². The maximum atomic E-state index is 5.35. The molecule has 2 heterocycles. The molecule has 3 aromatic rings. The van der Waals surface area contributed by atoms with Gasteiger partial charge in [0.15, 0.2) is 0 Å². The highest BCUT2D eigenvalue weighted by molar-refractivity contribution is 6.02. The highest BCUT2D eigenvalue weighted by Crippen LogP contribution is 2.39. The fraction of sp³-hybridized carbons (Fsp3) is 0.286. The van der Waals surface area contributed by atoms with E-state index in [2.05, 4.69) is 79.2 Å². The van der Waals surface area contributed by atoms with E-state index in [0.29, 0.717) is 0 Å². The van der Waals surface area contributed by atoms with Gasteiger partial charge in [-0.3, -0.25) is 0 Å². The summed E-state index contributed by atoms with van der Waals surface area (Å²) in [5.74, 6) is 1.90. The largest absolute Gasteiger partial charge is 0.497 e. The molecular formula is C28H32N4O. The van der Waals surface area contributed by atoms with Gasteiger partial charge in [-0.1, -0.05) is 43.3 Å². The second kappa shape index (κ2) is 10.3. The van der Waals surface area contributed by atoms with Crippen LogP contribution in [0, 0.1) is 5.92 Å². The highest BCUT2D eigenvalue weighted by Gasteiger charge is 2.35. The summed E-state index contributed by atoms with van der Waals surface area (Å²) in [6.07, 6.45) is 6.09. The Kier molecular flexibility index (Phi) is 7.08. The lowest BCUT2D eigenvalue weighted by atomic mass is 9.91. The average Bonchev–Trinajstić information content (AvgIpc) is 3.21. The number of hydrazone groups is 1. The smallest absolute Gasteiger partial charge is 0.149 e. The summed E-state index contributed by atoms with van der Waals surface area (Å²) < 4.78 is 5.35. The minimum absolute atomic E-state index is 0.0653. The standard InChI is InChI=1S/C28H32N4O/c1-5-31(6-2)24-15-10-22(11-16-24)12-19-26-21(3)28(23-13-17-25(33-4)18-14-23)32(30-26)27-9-7-8-20-29-27/h7-21,28H,5-6H2,1-4H3. The van der Waals surface area contributed by atoms with Crippen molar-refractivity contribution in [3.05, 3.63) is 90.1 Å². The van der Waals surface area contributed by atoms with E-state index in [0.717, 1.165) is 35.9 Å². The van der Waals surface area contributed by atoms with Crippen molar-refractivity contribution >= 4 is 23.3 Å². The summed E-state index contributed by atoms with van der Waals surface area (Å²) in [7, 11) is 1.69. The third-order valence-electron chi connectivity index (χ3n) is 6.24. The summed E-state index contributed by atoms with van der Waals surface area (Å²) in [5.41, 5.74) is 4.64. The monoisotopic (exact) mass is 440 g/mol. The van der Waals surface area contributed by atoms with Crippen LogP contribution < -0.4 is 14.6 Å². The van der Waals surface area contributed by atoms with E-state index in [1.807, 2.05) is 41.5 Å². The molecule has 5 heteroatoms. The first-order valence-corrected chi connectivity index (χ1v) is 11.6. The van der Waals surface area contributed by atoms with E-state index in [9.17, 15) is 0 Å². The van der Waals surface area contributed by atoms with Crippen LogP contribution in [-0.4, -0.2) is 30.9 Å². The Hall–Kier alpha value is -3.60. The van der Waals surface area contributed by atoms with Gasteiger partial charge in [-0.15, -0.1) is 0 Å². The summed E-state index contributed by atoms with van der Waals surface area (Å²) >= 11 is 0. The Morgan fingerprint density at radius 2 is 1.67 bits per heavy atom. The lowest BCUT2D eigenvalue weighted by Gasteiger charge is -2.26. The zero-order chi connectivity index (χ0) is 23.2.